The van der Waals surface area contributed by atoms with E-state index in [0.717, 1.165) is 6.04 Å². The molecule has 0 aromatic heterocycles. The monoisotopic (exact) mass is 266 g/mol. The second-order valence-corrected chi connectivity index (χ2v) is 7.33. The van der Waals surface area contributed by atoms with Gasteiger partial charge < -0.3 is 5.32 Å². The Hall–Kier alpha value is -0.0800. The van der Waals surface area contributed by atoms with Gasteiger partial charge in [0.25, 0.3) is 0 Å². The smallest absolute Gasteiger partial charge is 0.0274 e. The molecule has 0 spiro atoms. The van der Waals surface area contributed by atoms with Crippen LogP contribution in [-0.2, 0) is 0 Å². The zero-order valence-electron chi connectivity index (χ0n) is 13.4. The van der Waals surface area contributed by atoms with Crippen molar-refractivity contribution in [3.63, 3.8) is 0 Å². The highest BCUT2D eigenvalue weighted by Gasteiger charge is 2.43. The summed E-state index contributed by atoms with van der Waals surface area (Å²) in [6, 6.07) is 1.49. The number of nitrogens with zero attached hydrogens (tertiary/aromatic N) is 1. The van der Waals surface area contributed by atoms with Crippen LogP contribution in [0.5, 0.6) is 0 Å². The summed E-state index contributed by atoms with van der Waals surface area (Å²) < 4.78 is 0. The van der Waals surface area contributed by atoms with E-state index in [-0.39, 0.29) is 0 Å². The van der Waals surface area contributed by atoms with Crippen LogP contribution < -0.4 is 5.32 Å². The summed E-state index contributed by atoms with van der Waals surface area (Å²) >= 11 is 0. The third-order valence-corrected chi connectivity index (χ3v) is 5.29. The zero-order chi connectivity index (χ0) is 13.7. The van der Waals surface area contributed by atoms with Gasteiger partial charge in [0.05, 0.1) is 0 Å². The quantitative estimate of drug-likeness (QED) is 0.832. The van der Waals surface area contributed by atoms with E-state index in [1.54, 1.807) is 0 Å². The van der Waals surface area contributed by atoms with E-state index in [1.807, 2.05) is 0 Å². The van der Waals surface area contributed by atoms with Crippen LogP contribution in [-0.4, -0.2) is 36.6 Å². The standard InChI is InChI=1S/C17H34N2/c1-4-12-18-16-15(10-11-17(16,2)3)19-13-8-6-5-7-9-14-19/h15-16,18H,4-14H2,1-3H3. The van der Waals surface area contributed by atoms with E-state index in [9.17, 15) is 0 Å². The Morgan fingerprint density at radius 1 is 1.05 bits per heavy atom. The molecule has 1 aliphatic heterocycles. The fraction of sp³-hybridized carbons (Fsp3) is 1.00. The summed E-state index contributed by atoms with van der Waals surface area (Å²) in [7, 11) is 0. The topological polar surface area (TPSA) is 15.3 Å². The van der Waals surface area contributed by atoms with Crippen molar-refractivity contribution in [1.82, 2.24) is 10.2 Å². The summed E-state index contributed by atoms with van der Waals surface area (Å²) in [6.07, 6.45) is 11.2. The highest BCUT2D eigenvalue weighted by molar-refractivity contribution is 5.01. The number of nitrogens with one attached hydrogen (secondary N) is 1. The molecule has 0 radical (unpaired) electrons. The molecule has 112 valence electrons. The van der Waals surface area contributed by atoms with Crippen LogP contribution in [0.1, 0.15) is 72.1 Å². The molecule has 1 saturated heterocycles. The highest BCUT2D eigenvalue weighted by atomic mass is 15.2. The van der Waals surface area contributed by atoms with Crippen molar-refractivity contribution in [2.75, 3.05) is 19.6 Å². The molecular weight excluding hydrogens is 232 g/mol. The van der Waals surface area contributed by atoms with E-state index in [0.29, 0.717) is 11.5 Å². The molecule has 1 saturated carbocycles. The minimum Gasteiger partial charge on any atom is -0.312 e. The molecule has 0 aromatic carbocycles. The van der Waals surface area contributed by atoms with Crippen molar-refractivity contribution in [2.45, 2.75) is 84.2 Å². The molecule has 1 N–H and O–H groups in total. The maximum Gasteiger partial charge on any atom is 0.0274 e. The van der Waals surface area contributed by atoms with Crippen LogP contribution in [0, 0.1) is 5.41 Å². The van der Waals surface area contributed by atoms with Gasteiger partial charge in [0.15, 0.2) is 0 Å². The van der Waals surface area contributed by atoms with E-state index in [4.69, 9.17) is 0 Å². The molecule has 1 heterocycles. The molecule has 2 rings (SSSR count). The first-order chi connectivity index (χ1) is 9.15. The largest absolute Gasteiger partial charge is 0.312 e. The molecule has 0 aromatic rings. The number of hydrogen-bond acceptors (Lipinski definition) is 2. The van der Waals surface area contributed by atoms with Gasteiger partial charge in [0.1, 0.15) is 0 Å². The molecule has 2 unspecified atom stereocenters. The second kappa shape index (κ2) is 7.08. The van der Waals surface area contributed by atoms with E-state index < -0.39 is 0 Å². The van der Waals surface area contributed by atoms with Crippen LogP contribution in [0.4, 0.5) is 0 Å². The summed E-state index contributed by atoms with van der Waals surface area (Å²) in [5, 5.41) is 3.86. The first-order valence-electron chi connectivity index (χ1n) is 8.62. The Labute approximate surface area is 120 Å². The van der Waals surface area contributed by atoms with Crippen molar-refractivity contribution < 1.29 is 0 Å². The highest BCUT2D eigenvalue weighted by Crippen LogP contribution is 2.40. The maximum absolute atomic E-state index is 3.86. The first kappa shape index (κ1) is 15.3. The Kier molecular flexibility index (Phi) is 5.70. The number of hydrogen-bond donors (Lipinski definition) is 1. The van der Waals surface area contributed by atoms with Gasteiger partial charge in [-0.2, -0.15) is 0 Å². The minimum atomic E-state index is 0.474. The predicted octanol–water partition coefficient (Wildman–Crippen LogP) is 3.81. The van der Waals surface area contributed by atoms with Crippen LogP contribution in [0.25, 0.3) is 0 Å². The summed E-state index contributed by atoms with van der Waals surface area (Å²) in [5.74, 6) is 0. The van der Waals surface area contributed by atoms with Crippen LogP contribution >= 0.6 is 0 Å². The lowest BCUT2D eigenvalue weighted by Crippen LogP contribution is -2.52. The summed E-state index contributed by atoms with van der Waals surface area (Å²) in [4.78, 5) is 2.82. The average Bonchev–Trinajstić information content (AvgIpc) is 2.62. The third kappa shape index (κ3) is 3.95. The van der Waals surface area contributed by atoms with E-state index in [2.05, 4.69) is 31.0 Å². The van der Waals surface area contributed by atoms with Gasteiger partial charge in [-0.1, -0.05) is 40.0 Å². The number of likely N-dealkylation sites (tertiary alicyclic amines) is 1. The van der Waals surface area contributed by atoms with Gasteiger partial charge in [-0.25, -0.2) is 0 Å². The van der Waals surface area contributed by atoms with Crippen LogP contribution in [0.15, 0.2) is 0 Å². The maximum atomic E-state index is 3.86. The van der Waals surface area contributed by atoms with Crippen molar-refractivity contribution in [2.24, 2.45) is 5.41 Å². The van der Waals surface area contributed by atoms with Crippen molar-refractivity contribution >= 4 is 0 Å². The number of rotatable bonds is 4. The molecule has 19 heavy (non-hydrogen) atoms. The van der Waals surface area contributed by atoms with E-state index in [1.165, 1.54) is 71.0 Å². The van der Waals surface area contributed by atoms with Crippen molar-refractivity contribution in [3.05, 3.63) is 0 Å². The van der Waals surface area contributed by atoms with E-state index >= 15 is 0 Å². The van der Waals surface area contributed by atoms with Crippen molar-refractivity contribution in [1.29, 1.82) is 0 Å². The SMILES string of the molecule is CCCNC1C(N2CCCCCCC2)CCC1(C)C. The lowest BCUT2D eigenvalue weighted by atomic mass is 9.86. The fourth-order valence-corrected chi connectivity index (χ4v) is 4.07. The Bertz CT molecular complexity index is 254. The van der Waals surface area contributed by atoms with Gasteiger partial charge in [0, 0.05) is 12.1 Å². The lowest BCUT2D eigenvalue weighted by Gasteiger charge is -2.38. The lowest BCUT2D eigenvalue weighted by molar-refractivity contribution is 0.133. The molecule has 2 nitrogen and oxygen atoms in total. The minimum absolute atomic E-state index is 0.474. The van der Waals surface area contributed by atoms with Gasteiger partial charge in [0.2, 0.25) is 0 Å². The second-order valence-electron chi connectivity index (χ2n) is 7.33. The molecule has 2 aliphatic rings. The molecule has 0 bridgehead atoms. The normalized spacial score (nSPS) is 33.0. The predicted molar refractivity (Wildman–Crippen MR) is 83.5 cm³/mol. The van der Waals surface area contributed by atoms with Gasteiger partial charge >= 0.3 is 0 Å². The Morgan fingerprint density at radius 3 is 2.32 bits per heavy atom. The zero-order valence-corrected chi connectivity index (χ0v) is 13.4. The summed E-state index contributed by atoms with van der Waals surface area (Å²) in [5.41, 5.74) is 0.474. The molecule has 2 fully saturated rings. The molecule has 2 heteroatoms. The first-order valence-corrected chi connectivity index (χ1v) is 8.62. The van der Waals surface area contributed by atoms with Crippen LogP contribution in [0.3, 0.4) is 0 Å². The molecule has 0 amide bonds. The Balaban J connectivity index is 1.99. The molecule has 1 aliphatic carbocycles. The summed E-state index contributed by atoms with van der Waals surface area (Å²) in [6.45, 7) is 11.1. The van der Waals surface area contributed by atoms with Crippen molar-refractivity contribution in [3.8, 4) is 0 Å². The van der Waals surface area contributed by atoms with Gasteiger partial charge in [-0.3, -0.25) is 4.90 Å². The van der Waals surface area contributed by atoms with Gasteiger partial charge in [-0.15, -0.1) is 0 Å². The fourth-order valence-electron chi connectivity index (χ4n) is 4.07. The molecular formula is C17H34N2. The molecule has 2 atom stereocenters. The van der Waals surface area contributed by atoms with Crippen LogP contribution in [0.2, 0.25) is 0 Å². The Morgan fingerprint density at radius 2 is 1.68 bits per heavy atom. The van der Waals surface area contributed by atoms with Gasteiger partial charge in [-0.05, 0) is 57.2 Å². The third-order valence-electron chi connectivity index (χ3n) is 5.29. The average molecular weight is 266 g/mol.